The Balaban J connectivity index is 1.83. The highest BCUT2D eigenvalue weighted by molar-refractivity contribution is 7.54. The summed E-state index contributed by atoms with van der Waals surface area (Å²) in [5.41, 5.74) is 0.277. The molecule has 144 valence electrons. The molecule has 0 heterocycles. The zero-order valence-corrected chi connectivity index (χ0v) is 15.6. The Hall–Kier alpha value is -3.15. The molecular weight excluding hydrogens is 381 g/mol. The Labute approximate surface area is 161 Å². The lowest BCUT2D eigenvalue weighted by Gasteiger charge is -2.22. The third-order valence-electron chi connectivity index (χ3n) is 3.86. The zero-order chi connectivity index (χ0) is 20.0. The maximum absolute atomic E-state index is 13.4. The molecule has 0 saturated heterocycles. The van der Waals surface area contributed by atoms with Gasteiger partial charge < -0.3 is 14.2 Å². The van der Waals surface area contributed by atoms with Crippen molar-refractivity contribution in [1.82, 2.24) is 0 Å². The van der Waals surface area contributed by atoms with Crippen molar-refractivity contribution in [2.45, 2.75) is 6.10 Å². The predicted molar refractivity (Wildman–Crippen MR) is 105 cm³/mol. The van der Waals surface area contributed by atoms with Crippen molar-refractivity contribution >= 4 is 13.3 Å². The molecule has 1 N–H and O–H groups in total. The lowest BCUT2D eigenvalue weighted by molar-refractivity contribution is -0.384. The SMILES string of the molecule is O=[N+]([O-])c1ccc(C(O)CP(=O)(Oc2ccccc2)Oc2ccccc2)cc1. The van der Waals surface area contributed by atoms with E-state index < -0.39 is 18.6 Å². The molecule has 7 nitrogen and oxygen atoms in total. The van der Waals surface area contributed by atoms with Crippen LogP contribution >= 0.6 is 7.60 Å². The first-order valence-electron chi connectivity index (χ1n) is 8.46. The quantitative estimate of drug-likeness (QED) is 0.326. The molecule has 0 saturated carbocycles. The van der Waals surface area contributed by atoms with Gasteiger partial charge in [-0.2, -0.15) is 0 Å². The molecule has 3 aromatic rings. The van der Waals surface area contributed by atoms with Gasteiger partial charge in [-0.1, -0.05) is 36.4 Å². The lowest BCUT2D eigenvalue weighted by Crippen LogP contribution is -2.12. The molecule has 3 aromatic carbocycles. The number of benzene rings is 3. The van der Waals surface area contributed by atoms with E-state index in [0.717, 1.165) is 0 Å². The van der Waals surface area contributed by atoms with Crippen molar-refractivity contribution in [2.24, 2.45) is 0 Å². The molecular formula is C20H18NO6P. The first kappa shape index (κ1) is 19.6. The molecule has 0 amide bonds. The summed E-state index contributed by atoms with van der Waals surface area (Å²) in [6.07, 6.45) is -1.52. The van der Waals surface area contributed by atoms with Crippen molar-refractivity contribution in [3.05, 3.63) is 101 Å². The third kappa shape index (κ3) is 5.19. The molecule has 3 rings (SSSR count). The van der Waals surface area contributed by atoms with Crippen LogP contribution in [0.2, 0.25) is 0 Å². The highest BCUT2D eigenvalue weighted by Crippen LogP contribution is 2.50. The topological polar surface area (TPSA) is 98.9 Å². The Morgan fingerprint density at radius 3 is 1.75 bits per heavy atom. The smallest absolute Gasteiger partial charge is 0.416 e. The number of aliphatic hydroxyl groups excluding tert-OH is 1. The summed E-state index contributed by atoms with van der Waals surface area (Å²) in [4.78, 5) is 10.2. The zero-order valence-electron chi connectivity index (χ0n) is 14.8. The second-order valence-corrected chi connectivity index (χ2v) is 7.92. The van der Waals surface area contributed by atoms with Crippen LogP contribution in [-0.4, -0.2) is 16.2 Å². The average Bonchev–Trinajstić information content (AvgIpc) is 2.69. The van der Waals surface area contributed by atoms with Crippen LogP contribution in [-0.2, 0) is 4.57 Å². The number of nitro groups is 1. The molecule has 0 spiro atoms. The first-order chi connectivity index (χ1) is 13.5. The number of hydrogen-bond acceptors (Lipinski definition) is 6. The molecule has 0 bridgehead atoms. The number of para-hydroxylation sites is 2. The number of rotatable bonds is 8. The van der Waals surface area contributed by atoms with Gasteiger partial charge in [0.1, 0.15) is 17.7 Å². The van der Waals surface area contributed by atoms with E-state index in [0.29, 0.717) is 17.1 Å². The van der Waals surface area contributed by atoms with Gasteiger partial charge in [-0.3, -0.25) is 10.1 Å². The van der Waals surface area contributed by atoms with Crippen molar-refractivity contribution in [2.75, 3.05) is 6.16 Å². The highest BCUT2D eigenvalue weighted by atomic mass is 31.2. The molecule has 0 aliphatic carbocycles. The Morgan fingerprint density at radius 1 is 0.857 bits per heavy atom. The van der Waals surface area contributed by atoms with Gasteiger partial charge in [0, 0.05) is 12.1 Å². The van der Waals surface area contributed by atoms with Crippen LogP contribution in [0.5, 0.6) is 11.5 Å². The van der Waals surface area contributed by atoms with Gasteiger partial charge in [0.2, 0.25) is 0 Å². The largest absolute Gasteiger partial charge is 0.433 e. The number of non-ortho nitro benzene ring substituents is 1. The average molecular weight is 399 g/mol. The van der Waals surface area contributed by atoms with E-state index in [1.807, 2.05) is 0 Å². The molecule has 1 atom stereocenters. The normalized spacial score (nSPS) is 12.2. The van der Waals surface area contributed by atoms with E-state index in [2.05, 4.69) is 0 Å². The maximum atomic E-state index is 13.4. The van der Waals surface area contributed by atoms with Crippen molar-refractivity contribution in [3.63, 3.8) is 0 Å². The van der Waals surface area contributed by atoms with E-state index in [9.17, 15) is 19.8 Å². The third-order valence-corrected chi connectivity index (χ3v) is 5.63. The minimum absolute atomic E-state index is 0.0970. The van der Waals surface area contributed by atoms with Crippen LogP contribution in [0, 0.1) is 10.1 Å². The molecule has 0 radical (unpaired) electrons. The van der Waals surface area contributed by atoms with Crippen LogP contribution in [0.4, 0.5) is 5.69 Å². The fourth-order valence-electron chi connectivity index (χ4n) is 2.51. The molecule has 28 heavy (non-hydrogen) atoms. The molecule has 0 fully saturated rings. The molecule has 8 heteroatoms. The predicted octanol–water partition coefficient (Wildman–Crippen LogP) is 4.98. The second kappa shape index (κ2) is 8.69. The summed E-state index contributed by atoms with van der Waals surface area (Å²) >= 11 is 0. The van der Waals surface area contributed by atoms with Crippen LogP contribution < -0.4 is 9.05 Å². The summed E-state index contributed by atoms with van der Waals surface area (Å²) in [6.45, 7) is 0. The van der Waals surface area contributed by atoms with Crippen LogP contribution in [0.1, 0.15) is 11.7 Å². The minimum atomic E-state index is -3.80. The number of nitro benzene ring substituents is 1. The maximum Gasteiger partial charge on any atom is 0.433 e. The first-order valence-corrected chi connectivity index (χ1v) is 10.2. The Morgan fingerprint density at radius 2 is 1.32 bits per heavy atom. The Kier molecular flexibility index (Phi) is 6.09. The van der Waals surface area contributed by atoms with Crippen molar-refractivity contribution in [1.29, 1.82) is 0 Å². The summed E-state index contributed by atoms with van der Waals surface area (Å²) in [5, 5.41) is 21.3. The van der Waals surface area contributed by atoms with Gasteiger partial charge in [-0.05, 0) is 42.0 Å². The lowest BCUT2D eigenvalue weighted by atomic mass is 10.1. The van der Waals surface area contributed by atoms with Gasteiger partial charge in [0.15, 0.2) is 0 Å². The van der Waals surface area contributed by atoms with E-state index in [-0.39, 0.29) is 11.8 Å². The van der Waals surface area contributed by atoms with Gasteiger partial charge in [-0.15, -0.1) is 0 Å². The van der Waals surface area contributed by atoms with E-state index >= 15 is 0 Å². The Bertz CT molecular complexity index is 918. The second-order valence-electron chi connectivity index (χ2n) is 5.97. The van der Waals surface area contributed by atoms with Gasteiger partial charge in [0.05, 0.1) is 11.0 Å². The minimum Gasteiger partial charge on any atom is -0.416 e. The van der Waals surface area contributed by atoms with Gasteiger partial charge in [-0.25, -0.2) is 4.57 Å². The molecule has 0 aliphatic rings. The van der Waals surface area contributed by atoms with Crippen molar-refractivity contribution in [3.8, 4) is 11.5 Å². The number of hydrogen-bond donors (Lipinski definition) is 1. The van der Waals surface area contributed by atoms with E-state index in [1.165, 1.54) is 24.3 Å². The van der Waals surface area contributed by atoms with Crippen molar-refractivity contribution < 1.29 is 23.6 Å². The number of nitrogens with zero attached hydrogens (tertiary/aromatic N) is 1. The molecule has 0 aromatic heterocycles. The fourth-order valence-corrected chi connectivity index (χ4v) is 4.22. The highest BCUT2D eigenvalue weighted by Gasteiger charge is 2.32. The van der Waals surface area contributed by atoms with E-state index in [4.69, 9.17) is 9.05 Å². The summed E-state index contributed by atoms with van der Waals surface area (Å²) in [5.74, 6) is 0.690. The number of aliphatic hydroxyl groups is 1. The molecule has 0 aliphatic heterocycles. The van der Waals surface area contributed by atoms with Gasteiger partial charge >= 0.3 is 7.60 Å². The monoisotopic (exact) mass is 399 g/mol. The van der Waals surface area contributed by atoms with Crippen LogP contribution in [0.3, 0.4) is 0 Å². The summed E-state index contributed by atoms with van der Waals surface area (Å²) in [6, 6.07) is 22.4. The van der Waals surface area contributed by atoms with Gasteiger partial charge in [0.25, 0.3) is 5.69 Å². The summed E-state index contributed by atoms with van der Waals surface area (Å²) < 4.78 is 24.6. The molecule has 1 unspecified atom stereocenters. The standard InChI is InChI=1S/C20H18NO6P/c22-20(16-11-13-17(14-12-16)21(23)24)15-28(25,26-18-7-3-1-4-8-18)27-19-9-5-2-6-10-19/h1-14,20,22H,15H2. The van der Waals surface area contributed by atoms with Crippen LogP contribution in [0.15, 0.2) is 84.9 Å². The van der Waals surface area contributed by atoms with E-state index in [1.54, 1.807) is 60.7 Å². The summed E-state index contributed by atoms with van der Waals surface area (Å²) in [7, 11) is -3.80. The fraction of sp³-hybridized carbons (Fsp3) is 0.100. The van der Waals surface area contributed by atoms with Crippen LogP contribution in [0.25, 0.3) is 0 Å².